The van der Waals surface area contributed by atoms with Crippen LogP contribution in [0.1, 0.15) is 12.0 Å². The van der Waals surface area contributed by atoms with Crippen molar-refractivity contribution in [2.24, 2.45) is 5.92 Å². The number of thioether (sulfide) groups is 1. The summed E-state index contributed by atoms with van der Waals surface area (Å²) in [5.74, 6) is 2.45. The number of pyridine rings is 1. The average Bonchev–Trinajstić information content (AvgIpc) is 2.79. The third-order valence-electron chi connectivity index (χ3n) is 2.74. The Morgan fingerprint density at radius 1 is 1.50 bits per heavy atom. The second-order valence-corrected chi connectivity index (χ2v) is 6.22. The van der Waals surface area contributed by atoms with E-state index in [4.69, 9.17) is 0 Å². The van der Waals surface area contributed by atoms with Crippen molar-refractivity contribution in [1.29, 1.82) is 0 Å². The van der Waals surface area contributed by atoms with E-state index in [9.17, 15) is 13.2 Å². The van der Waals surface area contributed by atoms with Gasteiger partial charge >= 0.3 is 6.18 Å². The molecule has 1 aromatic heterocycles. The van der Waals surface area contributed by atoms with Gasteiger partial charge in [-0.25, -0.2) is 4.98 Å². The topological polar surface area (TPSA) is 24.9 Å². The van der Waals surface area contributed by atoms with Crippen LogP contribution in [-0.4, -0.2) is 23.0 Å². The maximum Gasteiger partial charge on any atom is 0.419 e. The minimum atomic E-state index is -4.39. The first-order valence-corrected chi connectivity index (χ1v) is 7.46. The van der Waals surface area contributed by atoms with Gasteiger partial charge in [-0.15, -0.1) is 0 Å². The smallest absolute Gasteiger partial charge is 0.369 e. The lowest BCUT2D eigenvalue weighted by Gasteiger charge is -2.15. The molecular weight excluding hydrogens is 329 g/mol. The summed E-state index contributed by atoms with van der Waals surface area (Å²) in [6, 6.07) is 1.05. The van der Waals surface area contributed by atoms with Crippen molar-refractivity contribution in [3.05, 3.63) is 22.3 Å². The van der Waals surface area contributed by atoms with Gasteiger partial charge in [0.15, 0.2) is 0 Å². The van der Waals surface area contributed by atoms with Gasteiger partial charge in [0.1, 0.15) is 5.82 Å². The first-order valence-electron chi connectivity index (χ1n) is 5.51. The fourth-order valence-electron chi connectivity index (χ4n) is 1.78. The molecule has 2 rings (SSSR count). The van der Waals surface area contributed by atoms with Crippen molar-refractivity contribution in [3.8, 4) is 0 Å². The largest absolute Gasteiger partial charge is 0.419 e. The van der Waals surface area contributed by atoms with Gasteiger partial charge in [0.25, 0.3) is 0 Å². The van der Waals surface area contributed by atoms with E-state index in [0.29, 0.717) is 16.9 Å². The van der Waals surface area contributed by atoms with Gasteiger partial charge in [-0.2, -0.15) is 24.9 Å². The first-order chi connectivity index (χ1) is 8.47. The Labute approximate surface area is 116 Å². The van der Waals surface area contributed by atoms with Crippen molar-refractivity contribution >= 4 is 33.5 Å². The highest BCUT2D eigenvalue weighted by atomic mass is 79.9. The fourth-order valence-corrected chi connectivity index (χ4v) is 3.40. The summed E-state index contributed by atoms with van der Waals surface area (Å²) in [7, 11) is 0. The zero-order valence-corrected chi connectivity index (χ0v) is 11.8. The molecule has 100 valence electrons. The number of hydrogen-bond donors (Lipinski definition) is 1. The molecule has 1 aliphatic heterocycles. The molecule has 0 radical (unpaired) electrons. The number of nitrogens with zero attached hydrogens (tertiary/aromatic N) is 1. The quantitative estimate of drug-likeness (QED) is 0.899. The summed E-state index contributed by atoms with van der Waals surface area (Å²) < 4.78 is 38.8. The number of anilines is 1. The van der Waals surface area contributed by atoms with Gasteiger partial charge in [-0.1, -0.05) is 0 Å². The van der Waals surface area contributed by atoms with Gasteiger partial charge < -0.3 is 5.32 Å². The molecule has 18 heavy (non-hydrogen) atoms. The number of alkyl halides is 3. The molecule has 0 saturated carbocycles. The number of aromatic nitrogens is 1. The molecule has 0 aliphatic carbocycles. The van der Waals surface area contributed by atoms with E-state index in [1.165, 1.54) is 6.20 Å². The molecule has 7 heteroatoms. The van der Waals surface area contributed by atoms with Crippen molar-refractivity contribution in [2.75, 3.05) is 23.4 Å². The Hall–Kier alpha value is -0.430. The normalized spacial score (nSPS) is 20.1. The zero-order valence-electron chi connectivity index (χ0n) is 9.43. The molecule has 1 N–H and O–H groups in total. The van der Waals surface area contributed by atoms with Gasteiger partial charge in [-0.3, -0.25) is 0 Å². The maximum absolute atomic E-state index is 12.8. The van der Waals surface area contributed by atoms with E-state index >= 15 is 0 Å². The minimum absolute atomic E-state index is 0.0809. The fraction of sp³-hybridized carbons (Fsp3) is 0.545. The summed E-state index contributed by atoms with van der Waals surface area (Å²) in [5.41, 5.74) is -0.720. The van der Waals surface area contributed by atoms with Crippen LogP contribution in [0.15, 0.2) is 16.7 Å². The van der Waals surface area contributed by atoms with E-state index in [-0.39, 0.29) is 5.82 Å². The van der Waals surface area contributed by atoms with E-state index in [1.54, 1.807) is 0 Å². The zero-order chi connectivity index (χ0) is 13.2. The molecule has 0 bridgehead atoms. The van der Waals surface area contributed by atoms with Crippen LogP contribution < -0.4 is 5.32 Å². The van der Waals surface area contributed by atoms with Crippen LogP contribution in [0.5, 0.6) is 0 Å². The van der Waals surface area contributed by atoms with Crippen molar-refractivity contribution < 1.29 is 13.2 Å². The Morgan fingerprint density at radius 2 is 2.28 bits per heavy atom. The predicted molar refractivity (Wildman–Crippen MR) is 70.9 cm³/mol. The Bertz CT molecular complexity index is 419. The highest BCUT2D eigenvalue weighted by Gasteiger charge is 2.34. The van der Waals surface area contributed by atoms with E-state index < -0.39 is 11.7 Å². The number of nitrogens with one attached hydrogen (secondary N) is 1. The molecule has 2 heterocycles. The highest BCUT2D eigenvalue weighted by Crippen LogP contribution is 2.35. The summed E-state index contributed by atoms with van der Waals surface area (Å²) in [5, 5.41) is 2.82. The van der Waals surface area contributed by atoms with E-state index in [2.05, 4.69) is 26.2 Å². The predicted octanol–water partition coefficient (Wildman–Crippen LogP) is 4.03. The van der Waals surface area contributed by atoms with Crippen molar-refractivity contribution in [3.63, 3.8) is 0 Å². The van der Waals surface area contributed by atoms with Crippen LogP contribution in [0.2, 0.25) is 0 Å². The second kappa shape index (κ2) is 5.69. The van der Waals surface area contributed by atoms with Crippen molar-refractivity contribution in [1.82, 2.24) is 4.98 Å². The van der Waals surface area contributed by atoms with Gasteiger partial charge in [-0.05, 0) is 45.8 Å². The molecule has 2 nitrogen and oxygen atoms in total. The molecule has 1 aromatic rings. The van der Waals surface area contributed by atoms with Crippen LogP contribution >= 0.6 is 27.7 Å². The van der Waals surface area contributed by atoms with Gasteiger partial charge in [0.05, 0.1) is 5.56 Å². The maximum atomic E-state index is 12.8. The molecule has 1 unspecified atom stereocenters. The standard InChI is InChI=1S/C11H12BrF3N2S/c12-8-3-9(11(13,14)15)10(17-5-8)16-4-7-1-2-18-6-7/h3,5,7H,1-2,4,6H2,(H,16,17). The van der Waals surface area contributed by atoms with Crippen LogP contribution in [0.25, 0.3) is 0 Å². The summed E-state index contributed by atoms with van der Waals surface area (Å²) >= 11 is 4.85. The molecule has 1 atom stereocenters. The third kappa shape index (κ3) is 3.54. The van der Waals surface area contributed by atoms with Crippen LogP contribution in [0.4, 0.5) is 19.0 Å². The van der Waals surface area contributed by atoms with Crippen LogP contribution in [-0.2, 0) is 6.18 Å². The molecule has 0 spiro atoms. The van der Waals surface area contributed by atoms with Crippen LogP contribution in [0, 0.1) is 5.92 Å². The lowest BCUT2D eigenvalue weighted by atomic mass is 10.1. The second-order valence-electron chi connectivity index (χ2n) is 4.16. The number of halogens is 4. The Morgan fingerprint density at radius 3 is 2.89 bits per heavy atom. The first kappa shape index (κ1) is 14.0. The summed E-state index contributed by atoms with van der Waals surface area (Å²) in [4.78, 5) is 3.82. The molecular formula is C11H12BrF3N2S. The molecule has 1 saturated heterocycles. The van der Waals surface area contributed by atoms with Crippen molar-refractivity contribution in [2.45, 2.75) is 12.6 Å². The monoisotopic (exact) mass is 340 g/mol. The lowest BCUT2D eigenvalue weighted by molar-refractivity contribution is -0.137. The number of hydrogen-bond acceptors (Lipinski definition) is 3. The SMILES string of the molecule is FC(F)(F)c1cc(Br)cnc1NCC1CCSC1. The molecule has 1 aliphatic rings. The van der Waals surface area contributed by atoms with Gasteiger partial charge in [0.2, 0.25) is 0 Å². The van der Waals surface area contributed by atoms with Crippen LogP contribution in [0.3, 0.4) is 0 Å². The van der Waals surface area contributed by atoms with E-state index in [0.717, 1.165) is 24.0 Å². The molecule has 0 aromatic carbocycles. The summed E-state index contributed by atoms with van der Waals surface area (Å²) in [6.07, 6.45) is -1.96. The Kier molecular flexibility index (Phi) is 4.42. The lowest BCUT2D eigenvalue weighted by Crippen LogP contribution is -2.18. The molecule has 0 amide bonds. The van der Waals surface area contributed by atoms with Gasteiger partial charge in [0, 0.05) is 17.2 Å². The van der Waals surface area contributed by atoms with E-state index in [1.807, 2.05) is 11.8 Å². The third-order valence-corrected chi connectivity index (χ3v) is 4.41. The Balaban J connectivity index is 2.11. The average molecular weight is 341 g/mol. The minimum Gasteiger partial charge on any atom is -0.369 e. The molecule has 1 fully saturated rings. The highest BCUT2D eigenvalue weighted by molar-refractivity contribution is 9.10. The number of rotatable bonds is 3. The summed E-state index contributed by atoms with van der Waals surface area (Å²) in [6.45, 7) is 0.546.